The summed E-state index contributed by atoms with van der Waals surface area (Å²) in [4.78, 5) is 21.8. The average Bonchev–Trinajstić information content (AvgIpc) is 2.86. The van der Waals surface area contributed by atoms with E-state index in [1.165, 1.54) is 4.90 Å². The van der Waals surface area contributed by atoms with Crippen molar-refractivity contribution >= 4 is 27.2 Å². The number of hydrogen-bond donors (Lipinski definition) is 0. The molecule has 2 heterocycles. The van der Waals surface area contributed by atoms with E-state index in [2.05, 4.69) is 9.97 Å². The molecule has 116 valence electrons. The summed E-state index contributed by atoms with van der Waals surface area (Å²) in [7, 11) is -4.67. The van der Waals surface area contributed by atoms with E-state index in [-0.39, 0.29) is 18.9 Å². The van der Waals surface area contributed by atoms with Gasteiger partial charge in [0.05, 0.1) is 16.7 Å². The highest BCUT2D eigenvalue weighted by Crippen LogP contribution is 2.20. The van der Waals surface area contributed by atoms with Gasteiger partial charge in [0.2, 0.25) is 5.91 Å². The first-order valence-electron chi connectivity index (χ1n) is 6.85. The first-order valence-corrected chi connectivity index (χ1v) is 8.30. The Kier molecular flexibility index (Phi) is 3.78. The summed E-state index contributed by atoms with van der Waals surface area (Å²) in [6, 6.07) is 7.43. The first-order chi connectivity index (χ1) is 10.4. The van der Waals surface area contributed by atoms with Crippen LogP contribution in [0.1, 0.15) is 12.1 Å². The SMILES string of the molecule is O=C1CC(S(=O)(=O)F)CN1CCc1cnc2ccccc2n1. The Balaban J connectivity index is 1.68. The van der Waals surface area contributed by atoms with E-state index in [0.29, 0.717) is 18.7 Å². The van der Waals surface area contributed by atoms with Crippen molar-refractivity contribution in [2.45, 2.75) is 18.1 Å². The van der Waals surface area contributed by atoms with Crippen LogP contribution in [-0.4, -0.2) is 47.5 Å². The number of likely N-dealkylation sites (tertiary alicyclic amines) is 1. The second-order valence-electron chi connectivity index (χ2n) is 5.24. The number of halogens is 1. The van der Waals surface area contributed by atoms with Gasteiger partial charge in [-0.3, -0.25) is 9.78 Å². The van der Waals surface area contributed by atoms with E-state index in [4.69, 9.17) is 0 Å². The Morgan fingerprint density at radius 2 is 2.00 bits per heavy atom. The van der Waals surface area contributed by atoms with Gasteiger partial charge in [0.25, 0.3) is 0 Å². The molecule has 1 aromatic carbocycles. The maximum absolute atomic E-state index is 12.9. The van der Waals surface area contributed by atoms with Crippen molar-refractivity contribution in [3.63, 3.8) is 0 Å². The van der Waals surface area contributed by atoms with Gasteiger partial charge in [0, 0.05) is 32.1 Å². The summed E-state index contributed by atoms with van der Waals surface area (Å²) < 4.78 is 34.7. The van der Waals surface area contributed by atoms with Crippen molar-refractivity contribution in [2.75, 3.05) is 13.1 Å². The first kappa shape index (κ1) is 14.8. The Bertz CT molecular complexity index is 825. The lowest BCUT2D eigenvalue weighted by atomic mass is 10.2. The topological polar surface area (TPSA) is 80.2 Å². The van der Waals surface area contributed by atoms with Gasteiger partial charge in [-0.1, -0.05) is 12.1 Å². The van der Waals surface area contributed by atoms with E-state index in [0.717, 1.165) is 11.0 Å². The van der Waals surface area contributed by atoms with Crippen LogP contribution in [-0.2, 0) is 21.4 Å². The molecule has 3 rings (SSSR count). The van der Waals surface area contributed by atoms with Crippen molar-refractivity contribution < 1.29 is 17.1 Å². The smallest absolute Gasteiger partial charge is 0.307 e. The van der Waals surface area contributed by atoms with Crippen molar-refractivity contribution in [3.8, 4) is 0 Å². The summed E-state index contributed by atoms with van der Waals surface area (Å²) in [5.74, 6) is -0.347. The number of aromatic nitrogens is 2. The van der Waals surface area contributed by atoms with Crippen LogP contribution in [0.5, 0.6) is 0 Å². The van der Waals surface area contributed by atoms with E-state index in [1.807, 2.05) is 24.3 Å². The maximum atomic E-state index is 12.9. The average molecular weight is 323 g/mol. The maximum Gasteiger partial charge on any atom is 0.307 e. The number of amides is 1. The van der Waals surface area contributed by atoms with Gasteiger partial charge in [0.15, 0.2) is 0 Å². The summed E-state index contributed by atoms with van der Waals surface area (Å²) in [5.41, 5.74) is 2.25. The highest BCUT2D eigenvalue weighted by atomic mass is 32.3. The molecule has 1 atom stereocenters. The number of fused-ring (bicyclic) bond motifs is 1. The molecule has 0 N–H and O–H groups in total. The highest BCUT2D eigenvalue weighted by molar-refractivity contribution is 7.87. The number of benzene rings is 1. The van der Waals surface area contributed by atoms with Gasteiger partial charge in [-0.05, 0) is 12.1 Å². The van der Waals surface area contributed by atoms with Crippen LogP contribution in [0.25, 0.3) is 11.0 Å². The number of para-hydroxylation sites is 2. The molecule has 0 bridgehead atoms. The molecular weight excluding hydrogens is 309 g/mol. The van der Waals surface area contributed by atoms with Gasteiger partial charge in [0.1, 0.15) is 5.25 Å². The molecule has 1 fully saturated rings. The molecule has 8 heteroatoms. The predicted molar refractivity (Wildman–Crippen MR) is 78.3 cm³/mol. The van der Waals surface area contributed by atoms with Crippen molar-refractivity contribution in [3.05, 3.63) is 36.2 Å². The Labute approximate surface area is 127 Å². The van der Waals surface area contributed by atoms with E-state index >= 15 is 0 Å². The number of carbonyl (C=O) groups is 1. The monoisotopic (exact) mass is 323 g/mol. The van der Waals surface area contributed by atoms with Crippen LogP contribution in [0.4, 0.5) is 3.89 Å². The third-order valence-electron chi connectivity index (χ3n) is 3.71. The van der Waals surface area contributed by atoms with Crippen LogP contribution < -0.4 is 0 Å². The number of nitrogens with zero attached hydrogens (tertiary/aromatic N) is 3. The fourth-order valence-corrected chi connectivity index (χ4v) is 3.21. The minimum Gasteiger partial charge on any atom is -0.341 e. The highest BCUT2D eigenvalue weighted by Gasteiger charge is 2.38. The van der Waals surface area contributed by atoms with Gasteiger partial charge in [-0.2, -0.15) is 8.42 Å². The van der Waals surface area contributed by atoms with Crippen LogP contribution in [0.15, 0.2) is 30.5 Å². The summed E-state index contributed by atoms with van der Waals surface area (Å²) in [5, 5.41) is -1.25. The van der Waals surface area contributed by atoms with E-state index in [1.54, 1.807) is 6.20 Å². The summed E-state index contributed by atoms with van der Waals surface area (Å²) >= 11 is 0. The van der Waals surface area contributed by atoms with E-state index in [9.17, 15) is 17.1 Å². The molecule has 22 heavy (non-hydrogen) atoms. The zero-order chi connectivity index (χ0) is 15.7. The lowest BCUT2D eigenvalue weighted by Crippen LogP contribution is -2.29. The van der Waals surface area contributed by atoms with Gasteiger partial charge >= 0.3 is 10.2 Å². The fraction of sp³-hybridized carbons (Fsp3) is 0.357. The Morgan fingerprint density at radius 1 is 1.27 bits per heavy atom. The third-order valence-corrected chi connectivity index (χ3v) is 4.83. The van der Waals surface area contributed by atoms with Crippen LogP contribution in [0.3, 0.4) is 0 Å². The zero-order valence-electron chi connectivity index (χ0n) is 11.6. The Morgan fingerprint density at radius 3 is 2.68 bits per heavy atom. The quantitative estimate of drug-likeness (QED) is 0.786. The molecule has 6 nitrogen and oxygen atoms in total. The molecule has 0 radical (unpaired) electrons. The van der Waals surface area contributed by atoms with Gasteiger partial charge < -0.3 is 4.90 Å². The minimum absolute atomic E-state index is 0.0985. The standard InChI is InChI=1S/C14H14FN3O3S/c15-22(20,21)11-7-14(19)18(9-11)6-5-10-8-16-12-3-1-2-4-13(12)17-10/h1-4,8,11H,5-7,9H2. The van der Waals surface area contributed by atoms with Crippen molar-refractivity contribution in [2.24, 2.45) is 0 Å². The summed E-state index contributed by atoms with van der Waals surface area (Å²) in [6.45, 7) is 0.205. The molecule has 2 aromatic rings. The predicted octanol–water partition coefficient (Wildman–Crippen LogP) is 1.07. The molecule has 1 unspecified atom stereocenters. The minimum atomic E-state index is -4.67. The zero-order valence-corrected chi connectivity index (χ0v) is 12.5. The number of carbonyl (C=O) groups excluding carboxylic acids is 1. The van der Waals surface area contributed by atoms with Crippen molar-refractivity contribution in [1.29, 1.82) is 0 Å². The van der Waals surface area contributed by atoms with Gasteiger partial charge in [-0.15, -0.1) is 3.89 Å². The van der Waals surface area contributed by atoms with Crippen molar-refractivity contribution in [1.82, 2.24) is 14.9 Å². The molecule has 0 spiro atoms. The van der Waals surface area contributed by atoms with Gasteiger partial charge in [-0.25, -0.2) is 4.98 Å². The molecule has 1 amide bonds. The third kappa shape index (κ3) is 3.06. The largest absolute Gasteiger partial charge is 0.341 e. The van der Waals surface area contributed by atoms with Crippen LogP contribution in [0.2, 0.25) is 0 Å². The second-order valence-corrected chi connectivity index (χ2v) is 6.86. The number of rotatable bonds is 4. The molecule has 1 aromatic heterocycles. The molecule has 1 aliphatic rings. The molecule has 1 aliphatic heterocycles. The lowest BCUT2D eigenvalue weighted by molar-refractivity contribution is -0.127. The molecule has 0 aliphatic carbocycles. The second kappa shape index (κ2) is 5.60. The lowest BCUT2D eigenvalue weighted by Gasteiger charge is -2.15. The molecule has 0 saturated carbocycles. The molecular formula is C14H14FN3O3S. The van der Waals surface area contributed by atoms with E-state index < -0.39 is 15.5 Å². The number of hydrogen-bond acceptors (Lipinski definition) is 5. The Hall–Kier alpha value is -2.09. The fourth-order valence-electron chi connectivity index (χ4n) is 2.51. The molecule has 1 saturated heterocycles. The van der Waals surface area contributed by atoms with Crippen LogP contribution >= 0.6 is 0 Å². The summed E-state index contributed by atoms with van der Waals surface area (Å²) in [6.07, 6.45) is 1.79. The normalized spacial score (nSPS) is 19.0. The van der Waals surface area contributed by atoms with Crippen LogP contribution in [0, 0.1) is 0 Å².